The van der Waals surface area contributed by atoms with Crippen LogP contribution in [0.3, 0.4) is 0 Å². The van der Waals surface area contributed by atoms with Gasteiger partial charge in [-0.05, 0) is 57.2 Å². The molecular weight excluding hydrogens is 400 g/mol. The number of aryl methyl sites for hydroxylation is 2. The van der Waals surface area contributed by atoms with E-state index < -0.39 is 5.69 Å². The normalized spacial score (nSPS) is 13.5. The lowest BCUT2D eigenvalue weighted by atomic mass is 9.97. The van der Waals surface area contributed by atoms with Crippen LogP contribution in [-0.2, 0) is 20.5 Å². The molecule has 2 aromatic rings. The van der Waals surface area contributed by atoms with E-state index in [-0.39, 0.29) is 5.56 Å². The first-order chi connectivity index (χ1) is 15.2. The average molecular weight is 433 g/mol. The molecule has 3 rings (SSSR count). The van der Waals surface area contributed by atoms with Crippen LogP contribution in [0.1, 0.15) is 49.8 Å². The predicted molar refractivity (Wildman–Crippen MR) is 131 cm³/mol. The number of aliphatic imine (C=N–C) groups is 1. The van der Waals surface area contributed by atoms with E-state index >= 15 is 0 Å². The number of hydrogen-bond acceptors (Lipinski definition) is 4. The molecule has 0 atom stereocenters. The Morgan fingerprint density at radius 2 is 1.91 bits per heavy atom. The third-order valence-corrected chi connectivity index (χ3v) is 5.42. The van der Waals surface area contributed by atoms with Gasteiger partial charge in [0.05, 0.1) is 11.6 Å². The van der Waals surface area contributed by atoms with Crippen LogP contribution < -0.4 is 11.2 Å². The van der Waals surface area contributed by atoms with Gasteiger partial charge in [0.1, 0.15) is 5.82 Å². The molecule has 1 aromatic carbocycles. The summed E-state index contributed by atoms with van der Waals surface area (Å²) in [5, 5.41) is 8.99. The van der Waals surface area contributed by atoms with Crippen molar-refractivity contribution in [1.82, 2.24) is 9.13 Å². The van der Waals surface area contributed by atoms with Gasteiger partial charge in [-0.15, -0.1) is 0 Å². The van der Waals surface area contributed by atoms with E-state index in [0.29, 0.717) is 17.8 Å². The Morgan fingerprint density at radius 1 is 1.19 bits per heavy atom. The van der Waals surface area contributed by atoms with Gasteiger partial charge in [-0.2, -0.15) is 5.26 Å². The third-order valence-electron chi connectivity index (χ3n) is 5.42. The fraction of sp³-hybridized carbons (Fsp3) is 0.385. The van der Waals surface area contributed by atoms with Crippen LogP contribution in [0.5, 0.6) is 0 Å². The molecule has 1 aliphatic rings. The molecule has 0 spiro atoms. The fourth-order valence-corrected chi connectivity index (χ4v) is 3.59. The summed E-state index contributed by atoms with van der Waals surface area (Å²) in [6.07, 6.45) is 7.34. The largest absolute Gasteiger partial charge is 0.332 e. The van der Waals surface area contributed by atoms with Crippen LogP contribution in [0.15, 0.2) is 62.1 Å². The van der Waals surface area contributed by atoms with Crippen molar-refractivity contribution in [2.45, 2.75) is 53.4 Å². The molecule has 0 N–H and O–H groups in total. The van der Waals surface area contributed by atoms with Crippen molar-refractivity contribution in [1.29, 1.82) is 5.26 Å². The molecule has 0 radical (unpaired) electrons. The molecule has 0 aliphatic heterocycles. The Balaban J connectivity index is 0.000000336. The standard InChI is InChI=1S/C17H20N4O2.C9H12/c1-11(8-13-6-5-7-14(9-13)10-18)19-15-12(2)16(22)21(4)17(23)20(15)3;1-3-9-6-4-5-8(2)7-9/h6,9H,5,7-8H2,1-4H3;4-7H,3H2,1-2H3/b19-11+;. The van der Waals surface area contributed by atoms with E-state index in [1.165, 1.54) is 22.7 Å². The molecule has 0 unspecified atom stereocenters. The van der Waals surface area contributed by atoms with E-state index in [2.05, 4.69) is 55.3 Å². The minimum atomic E-state index is -0.393. The highest BCUT2D eigenvalue weighted by Gasteiger charge is 2.12. The van der Waals surface area contributed by atoms with E-state index in [1.54, 1.807) is 14.0 Å². The van der Waals surface area contributed by atoms with Gasteiger partial charge in [0.2, 0.25) is 0 Å². The lowest BCUT2D eigenvalue weighted by molar-refractivity contribution is 0.680. The Hall–Kier alpha value is -3.46. The summed E-state index contributed by atoms with van der Waals surface area (Å²) in [5.41, 5.74) is 5.11. The maximum absolute atomic E-state index is 12.0. The molecule has 0 bridgehead atoms. The molecule has 6 nitrogen and oxygen atoms in total. The quantitative estimate of drug-likeness (QED) is 0.662. The summed E-state index contributed by atoms with van der Waals surface area (Å²) in [5.74, 6) is 0.386. The van der Waals surface area contributed by atoms with Crippen molar-refractivity contribution in [2.24, 2.45) is 19.1 Å². The second-order valence-corrected chi connectivity index (χ2v) is 8.12. The second-order valence-electron chi connectivity index (χ2n) is 8.12. The van der Waals surface area contributed by atoms with Gasteiger partial charge in [0.25, 0.3) is 5.56 Å². The third kappa shape index (κ3) is 6.27. The number of benzene rings is 1. The summed E-state index contributed by atoms with van der Waals surface area (Å²) in [6, 6.07) is 10.8. The first kappa shape index (κ1) is 24.8. The zero-order chi connectivity index (χ0) is 23.8. The topological polar surface area (TPSA) is 80.2 Å². The van der Waals surface area contributed by atoms with Crippen molar-refractivity contribution in [2.75, 3.05) is 0 Å². The molecule has 1 aliphatic carbocycles. The molecule has 1 heterocycles. The number of rotatable bonds is 4. The first-order valence-electron chi connectivity index (χ1n) is 10.8. The first-order valence-corrected chi connectivity index (χ1v) is 10.8. The molecule has 0 amide bonds. The molecule has 6 heteroatoms. The SMILES string of the molecule is C/C(CC1=CCCC(C#N)=C1)=N\c1c(C)c(=O)n(C)c(=O)n1C.CCc1cccc(C)c1. The van der Waals surface area contributed by atoms with Crippen molar-refractivity contribution in [3.8, 4) is 6.07 Å². The van der Waals surface area contributed by atoms with E-state index in [0.717, 1.165) is 40.7 Å². The number of nitriles is 1. The Kier molecular flexibility index (Phi) is 8.71. The average Bonchev–Trinajstić information content (AvgIpc) is 2.79. The van der Waals surface area contributed by atoms with Crippen LogP contribution >= 0.6 is 0 Å². The second kappa shape index (κ2) is 11.2. The summed E-state index contributed by atoms with van der Waals surface area (Å²) in [6.45, 7) is 7.83. The summed E-state index contributed by atoms with van der Waals surface area (Å²) >= 11 is 0. The van der Waals surface area contributed by atoms with Gasteiger partial charge >= 0.3 is 5.69 Å². The fourth-order valence-electron chi connectivity index (χ4n) is 3.59. The predicted octanol–water partition coefficient (Wildman–Crippen LogP) is 4.60. The molecular formula is C26H32N4O2. The van der Waals surface area contributed by atoms with Gasteiger partial charge in [-0.25, -0.2) is 9.79 Å². The summed E-state index contributed by atoms with van der Waals surface area (Å²) in [7, 11) is 3.06. The number of allylic oxidation sites excluding steroid dienone is 4. The Bertz CT molecular complexity index is 1200. The molecule has 0 saturated carbocycles. The van der Waals surface area contributed by atoms with E-state index in [9.17, 15) is 9.59 Å². The highest BCUT2D eigenvalue weighted by Crippen LogP contribution is 2.21. The van der Waals surface area contributed by atoms with Crippen molar-refractivity contribution < 1.29 is 0 Å². The highest BCUT2D eigenvalue weighted by molar-refractivity contribution is 5.87. The van der Waals surface area contributed by atoms with Crippen LogP contribution in [0.4, 0.5) is 5.82 Å². The zero-order valence-electron chi connectivity index (χ0n) is 19.9. The van der Waals surface area contributed by atoms with Gasteiger partial charge < -0.3 is 0 Å². The van der Waals surface area contributed by atoms with Crippen molar-refractivity contribution in [3.63, 3.8) is 0 Å². The van der Waals surface area contributed by atoms with E-state index in [4.69, 9.17) is 5.26 Å². The number of hydrogen-bond donors (Lipinski definition) is 0. The Labute approximate surface area is 189 Å². The lowest BCUT2D eigenvalue weighted by Gasteiger charge is -2.12. The minimum absolute atomic E-state index is 0.330. The van der Waals surface area contributed by atoms with Crippen molar-refractivity contribution in [3.05, 3.63) is 85.1 Å². The minimum Gasteiger partial charge on any atom is -0.281 e. The lowest BCUT2D eigenvalue weighted by Crippen LogP contribution is -2.38. The molecule has 1 aromatic heterocycles. The highest BCUT2D eigenvalue weighted by atomic mass is 16.2. The van der Waals surface area contributed by atoms with Crippen LogP contribution in [0.2, 0.25) is 0 Å². The van der Waals surface area contributed by atoms with Crippen LogP contribution in [0, 0.1) is 25.2 Å². The monoisotopic (exact) mass is 432 g/mol. The number of nitrogens with zero attached hydrogens (tertiary/aromatic N) is 4. The van der Waals surface area contributed by atoms with E-state index in [1.807, 2.05) is 13.0 Å². The Morgan fingerprint density at radius 3 is 2.50 bits per heavy atom. The van der Waals surface area contributed by atoms with Gasteiger partial charge in [-0.3, -0.25) is 13.9 Å². The number of aromatic nitrogens is 2. The van der Waals surface area contributed by atoms with Crippen LogP contribution in [0.25, 0.3) is 0 Å². The van der Waals surface area contributed by atoms with Gasteiger partial charge in [0, 0.05) is 31.8 Å². The molecule has 0 saturated heterocycles. The summed E-state index contributed by atoms with van der Waals surface area (Å²) < 4.78 is 2.46. The maximum Gasteiger partial charge on any atom is 0.332 e. The molecule has 32 heavy (non-hydrogen) atoms. The van der Waals surface area contributed by atoms with Crippen molar-refractivity contribution >= 4 is 11.5 Å². The van der Waals surface area contributed by atoms with Gasteiger partial charge in [0.15, 0.2) is 0 Å². The molecule has 168 valence electrons. The summed E-state index contributed by atoms with van der Waals surface area (Å²) in [4.78, 5) is 28.5. The maximum atomic E-state index is 12.0. The smallest absolute Gasteiger partial charge is 0.281 e. The van der Waals surface area contributed by atoms with Crippen LogP contribution in [-0.4, -0.2) is 14.8 Å². The van der Waals surface area contributed by atoms with Gasteiger partial charge in [-0.1, -0.05) is 42.8 Å². The molecule has 0 fully saturated rings. The zero-order valence-corrected chi connectivity index (χ0v) is 19.9.